The second-order valence-electron chi connectivity index (χ2n) is 4.87. The predicted octanol–water partition coefficient (Wildman–Crippen LogP) is 1.89. The maximum atomic E-state index is 11.9. The summed E-state index contributed by atoms with van der Waals surface area (Å²) in [6.07, 6.45) is 0. The van der Waals surface area contributed by atoms with Crippen LogP contribution in [0.5, 0.6) is 0 Å². The fourth-order valence-corrected chi connectivity index (χ4v) is 3.29. The zero-order valence-electron chi connectivity index (χ0n) is 11.2. The lowest BCUT2D eigenvalue weighted by molar-refractivity contribution is -0.122. The molecule has 2 rings (SSSR count). The van der Waals surface area contributed by atoms with Gasteiger partial charge in [-0.2, -0.15) is 0 Å². The van der Waals surface area contributed by atoms with E-state index in [9.17, 15) is 4.79 Å². The van der Waals surface area contributed by atoms with Gasteiger partial charge in [-0.1, -0.05) is 17.7 Å². The highest BCUT2D eigenvalue weighted by molar-refractivity contribution is 7.99. The van der Waals surface area contributed by atoms with Gasteiger partial charge in [0.05, 0.1) is 6.04 Å². The molecule has 0 aliphatic carbocycles. The van der Waals surface area contributed by atoms with E-state index in [-0.39, 0.29) is 11.9 Å². The van der Waals surface area contributed by atoms with Gasteiger partial charge in [0.15, 0.2) is 0 Å². The van der Waals surface area contributed by atoms with E-state index in [1.165, 1.54) is 22.3 Å². The number of amides is 1. The molecule has 0 radical (unpaired) electrons. The summed E-state index contributed by atoms with van der Waals surface area (Å²) in [6, 6.07) is 4.30. The molecule has 1 aromatic rings. The number of aryl methyl sites for hydroxylation is 3. The lowest BCUT2D eigenvalue weighted by Gasteiger charge is -2.14. The zero-order valence-corrected chi connectivity index (χ0v) is 12.0. The molecule has 0 spiro atoms. The average molecular weight is 264 g/mol. The van der Waals surface area contributed by atoms with Crippen molar-refractivity contribution in [2.24, 2.45) is 0 Å². The summed E-state index contributed by atoms with van der Waals surface area (Å²) in [5.74, 6) is 1.86. The van der Waals surface area contributed by atoms with E-state index >= 15 is 0 Å². The molecular weight excluding hydrogens is 244 g/mol. The first kappa shape index (κ1) is 13.4. The number of hydrogen-bond donors (Lipinski definition) is 2. The Hall–Kier alpha value is -1.00. The number of rotatable bonds is 3. The fourth-order valence-electron chi connectivity index (χ4n) is 2.35. The molecule has 3 nitrogen and oxygen atoms in total. The molecule has 98 valence electrons. The molecule has 1 aliphatic rings. The van der Waals surface area contributed by atoms with Crippen molar-refractivity contribution in [3.63, 3.8) is 0 Å². The molecule has 0 aromatic heterocycles. The molecule has 0 saturated carbocycles. The third-order valence-electron chi connectivity index (χ3n) is 3.31. The van der Waals surface area contributed by atoms with E-state index in [1.807, 2.05) is 0 Å². The van der Waals surface area contributed by atoms with Gasteiger partial charge in [0.1, 0.15) is 0 Å². The van der Waals surface area contributed by atoms with E-state index < -0.39 is 0 Å². The van der Waals surface area contributed by atoms with Gasteiger partial charge >= 0.3 is 0 Å². The van der Waals surface area contributed by atoms with Crippen molar-refractivity contribution < 1.29 is 4.79 Å². The van der Waals surface area contributed by atoms with Crippen LogP contribution < -0.4 is 10.6 Å². The van der Waals surface area contributed by atoms with Crippen molar-refractivity contribution in [3.8, 4) is 0 Å². The zero-order chi connectivity index (χ0) is 13.1. The monoisotopic (exact) mass is 264 g/mol. The van der Waals surface area contributed by atoms with Crippen LogP contribution in [-0.4, -0.2) is 23.6 Å². The van der Waals surface area contributed by atoms with Crippen molar-refractivity contribution in [2.45, 2.75) is 33.4 Å². The summed E-state index contributed by atoms with van der Waals surface area (Å²) in [4.78, 5) is 11.9. The Balaban J connectivity index is 1.99. The van der Waals surface area contributed by atoms with Crippen LogP contribution in [0.4, 0.5) is 0 Å². The lowest BCUT2D eigenvalue weighted by atomic mass is 10.00. The maximum Gasteiger partial charge on any atom is 0.238 e. The standard InChI is InChI=1S/C14H20N2OS/c1-9-4-10(2)12(11(3)5-9)6-15-14(17)13-7-18-8-16-13/h4-5,13,16H,6-8H2,1-3H3,(H,15,17). The molecule has 1 unspecified atom stereocenters. The normalized spacial score (nSPS) is 18.9. The van der Waals surface area contributed by atoms with Gasteiger partial charge in [-0.05, 0) is 37.5 Å². The third kappa shape index (κ3) is 3.06. The molecule has 18 heavy (non-hydrogen) atoms. The molecule has 1 aliphatic heterocycles. The van der Waals surface area contributed by atoms with Crippen LogP contribution in [0.3, 0.4) is 0 Å². The number of benzene rings is 1. The van der Waals surface area contributed by atoms with Crippen LogP contribution in [0.25, 0.3) is 0 Å². The number of thioether (sulfide) groups is 1. The van der Waals surface area contributed by atoms with Gasteiger partial charge in [0, 0.05) is 18.2 Å². The highest BCUT2D eigenvalue weighted by Gasteiger charge is 2.22. The van der Waals surface area contributed by atoms with E-state index in [4.69, 9.17) is 0 Å². The second-order valence-corrected chi connectivity index (χ2v) is 5.90. The van der Waals surface area contributed by atoms with Crippen molar-refractivity contribution in [1.82, 2.24) is 10.6 Å². The first-order chi connectivity index (χ1) is 8.58. The Labute approximate surface area is 113 Å². The van der Waals surface area contributed by atoms with Gasteiger partial charge in [0.2, 0.25) is 5.91 Å². The van der Waals surface area contributed by atoms with Gasteiger partial charge < -0.3 is 5.32 Å². The fraction of sp³-hybridized carbons (Fsp3) is 0.500. The van der Waals surface area contributed by atoms with Gasteiger partial charge in [-0.25, -0.2) is 0 Å². The topological polar surface area (TPSA) is 41.1 Å². The highest BCUT2D eigenvalue weighted by Crippen LogP contribution is 2.16. The average Bonchev–Trinajstić information content (AvgIpc) is 2.80. The van der Waals surface area contributed by atoms with Crippen LogP contribution in [0.15, 0.2) is 12.1 Å². The van der Waals surface area contributed by atoms with Crippen LogP contribution in [-0.2, 0) is 11.3 Å². The summed E-state index contributed by atoms with van der Waals surface area (Å²) < 4.78 is 0. The number of hydrogen-bond acceptors (Lipinski definition) is 3. The largest absolute Gasteiger partial charge is 0.351 e. The molecule has 1 aromatic carbocycles. The SMILES string of the molecule is Cc1cc(C)c(CNC(=O)C2CSCN2)c(C)c1. The molecule has 0 bridgehead atoms. The molecule has 1 saturated heterocycles. The van der Waals surface area contributed by atoms with Crippen molar-refractivity contribution >= 4 is 17.7 Å². The first-order valence-corrected chi connectivity index (χ1v) is 7.39. The third-order valence-corrected chi connectivity index (χ3v) is 4.25. The predicted molar refractivity (Wildman–Crippen MR) is 76.7 cm³/mol. The van der Waals surface area contributed by atoms with Gasteiger partial charge in [0.25, 0.3) is 0 Å². The molecule has 1 atom stereocenters. The molecule has 2 N–H and O–H groups in total. The minimum absolute atomic E-state index is 0.0268. The number of carbonyl (C=O) groups excluding carboxylic acids is 1. The smallest absolute Gasteiger partial charge is 0.238 e. The Bertz CT molecular complexity index is 430. The number of nitrogens with one attached hydrogen (secondary N) is 2. The summed E-state index contributed by atoms with van der Waals surface area (Å²) >= 11 is 1.77. The first-order valence-electron chi connectivity index (χ1n) is 6.23. The Morgan fingerprint density at radius 2 is 2.06 bits per heavy atom. The molecule has 1 amide bonds. The quantitative estimate of drug-likeness (QED) is 0.876. The summed E-state index contributed by atoms with van der Waals surface area (Å²) in [6.45, 7) is 6.93. The molecule has 4 heteroatoms. The van der Waals surface area contributed by atoms with Crippen LogP contribution in [0.1, 0.15) is 22.3 Å². The molecule has 1 fully saturated rings. The van der Waals surface area contributed by atoms with E-state index in [0.717, 1.165) is 11.6 Å². The summed E-state index contributed by atoms with van der Waals surface area (Å²) in [7, 11) is 0. The Morgan fingerprint density at radius 1 is 1.39 bits per heavy atom. The lowest BCUT2D eigenvalue weighted by Crippen LogP contribution is -2.41. The van der Waals surface area contributed by atoms with Crippen LogP contribution in [0.2, 0.25) is 0 Å². The summed E-state index contributed by atoms with van der Waals surface area (Å²) in [5.41, 5.74) is 5.01. The van der Waals surface area contributed by atoms with E-state index in [2.05, 4.69) is 43.5 Å². The van der Waals surface area contributed by atoms with Crippen LogP contribution in [0, 0.1) is 20.8 Å². The second kappa shape index (κ2) is 5.76. The Kier molecular flexibility index (Phi) is 4.30. The minimum atomic E-state index is -0.0268. The Morgan fingerprint density at radius 3 is 2.61 bits per heavy atom. The van der Waals surface area contributed by atoms with Gasteiger partial charge in [-0.3, -0.25) is 10.1 Å². The van der Waals surface area contributed by atoms with Crippen molar-refractivity contribution in [3.05, 3.63) is 34.4 Å². The molecular formula is C14H20N2OS. The van der Waals surface area contributed by atoms with Crippen LogP contribution >= 0.6 is 11.8 Å². The van der Waals surface area contributed by atoms with E-state index in [0.29, 0.717) is 6.54 Å². The highest BCUT2D eigenvalue weighted by atomic mass is 32.2. The number of carbonyl (C=O) groups is 1. The molecule has 1 heterocycles. The summed E-state index contributed by atoms with van der Waals surface area (Å²) in [5, 5.41) is 6.21. The van der Waals surface area contributed by atoms with Crippen molar-refractivity contribution in [2.75, 3.05) is 11.6 Å². The van der Waals surface area contributed by atoms with Crippen molar-refractivity contribution in [1.29, 1.82) is 0 Å². The maximum absolute atomic E-state index is 11.9. The van der Waals surface area contributed by atoms with E-state index in [1.54, 1.807) is 11.8 Å². The van der Waals surface area contributed by atoms with Gasteiger partial charge in [-0.15, -0.1) is 11.8 Å². The minimum Gasteiger partial charge on any atom is -0.351 e.